The molecule has 1 heterocycles. The van der Waals surface area contributed by atoms with Gasteiger partial charge < -0.3 is 14.0 Å². The number of piperidine rings is 1. The molecule has 2 aliphatic rings. The van der Waals surface area contributed by atoms with E-state index < -0.39 is 25.6 Å². The van der Waals surface area contributed by atoms with Crippen molar-refractivity contribution in [2.45, 2.75) is 76.6 Å². The van der Waals surface area contributed by atoms with Crippen molar-refractivity contribution in [3.8, 4) is 0 Å². The molecule has 1 amide bonds. The molecule has 0 aromatic heterocycles. The Hall–Kier alpha value is -2.44. The SMILES string of the molecule is CC(C)(C)OC(=O)N1[C@@H](CO[Si](c2ccccc2)(c2ccccc2)C(C)(C)C)C[C@H]2C[C@]21C=O. The first kappa shape index (κ1) is 24.7. The van der Waals surface area contributed by atoms with E-state index in [2.05, 4.69) is 69.3 Å². The lowest BCUT2D eigenvalue weighted by atomic mass is 10.2. The number of nitrogens with zero attached hydrogens (tertiary/aromatic N) is 1. The summed E-state index contributed by atoms with van der Waals surface area (Å²) < 4.78 is 12.8. The minimum Gasteiger partial charge on any atom is -0.444 e. The zero-order valence-electron chi connectivity index (χ0n) is 21.2. The van der Waals surface area contributed by atoms with Crippen molar-refractivity contribution in [3.05, 3.63) is 60.7 Å². The molecule has 3 atom stereocenters. The lowest BCUT2D eigenvalue weighted by molar-refractivity contribution is -0.114. The number of benzene rings is 2. The van der Waals surface area contributed by atoms with E-state index in [1.54, 1.807) is 4.90 Å². The fourth-order valence-corrected chi connectivity index (χ4v) is 10.2. The number of fused-ring (bicyclic) bond motifs is 1. The van der Waals surface area contributed by atoms with Crippen LogP contribution >= 0.6 is 0 Å². The second-order valence-corrected chi connectivity index (χ2v) is 16.0. The largest absolute Gasteiger partial charge is 0.444 e. The monoisotopic (exact) mass is 479 g/mol. The van der Waals surface area contributed by atoms with Crippen molar-refractivity contribution >= 4 is 31.1 Å². The quantitative estimate of drug-likeness (QED) is 0.451. The molecule has 0 N–H and O–H groups in total. The van der Waals surface area contributed by atoms with Crippen LogP contribution in [0, 0.1) is 5.92 Å². The summed E-state index contributed by atoms with van der Waals surface area (Å²) >= 11 is 0. The fraction of sp³-hybridized carbons (Fsp3) is 0.500. The molecular weight excluding hydrogens is 442 g/mol. The predicted octanol–water partition coefficient (Wildman–Crippen LogP) is 4.53. The van der Waals surface area contributed by atoms with Gasteiger partial charge in [-0.05, 0) is 54.9 Å². The van der Waals surface area contributed by atoms with Crippen molar-refractivity contribution in [3.63, 3.8) is 0 Å². The van der Waals surface area contributed by atoms with Crippen LogP contribution < -0.4 is 10.4 Å². The van der Waals surface area contributed by atoms with Gasteiger partial charge >= 0.3 is 6.09 Å². The Morgan fingerprint density at radius 2 is 1.53 bits per heavy atom. The van der Waals surface area contributed by atoms with E-state index in [0.717, 1.165) is 12.7 Å². The molecular formula is C28H37NO4Si. The van der Waals surface area contributed by atoms with Gasteiger partial charge in [0.15, 0.2) is 0 Å². The summed E-state index contributed by atoms with van der Waals surface area (Å²) in [6, 6.07) is 20.8. The van der Waals surface area contributed by atoms with Crippen LogP contribution in [-0.2, 0) is 14.0 Å². The van der Waals surface area contributed by atoms with Crippen molar-refractivity contribution in [2.75, 3.05) is 6.61 Å². The van der Waals surface area contributed by atoms with Gasteiger partial charge in [0.25, 0.3) is 8.32 Å². The zero-order valence-corrected chi connectivity index (χ0v) is 22.2. The highest BCUT2D eigenvalue weighted by Gasteiger charge is 2.68. The smallest absolute Gasteiger partial charge is 0.411 e. The van der Waals surface area contributed by atoms with E-state index >= 15 is 0 Å². The van der Waals surface area contributed by atoms with Gasteiger partial charge in [0, 0.05) is 0 Å². The molecule has 2 aromatic rings. The minimum absolute atomic E-state index is 0.156. The van der Waals surface area contributed by atoms with Gasteiger partial charge in [-0.2, -0.15) is 0 Å². The highest BCUT2D eigenvalue weighted by atomic mass is 28.4. The molecule has 6 heteroatoms. The maximum Gasteiger partial charge on any atom is 0.411 e. The molecule has 2 aromatic carbocycles. The molecule has 4 rings (SSSR count). The van der Waals surface area contributed by atoms with Crippen LogP contribution in [0.15, 0.2) is 60.7 Å². The summed E-state index contributed by atoms with van der Waals surface area (Å²) in [6.07, 6.45) is 2.00. The molecule has 2 fully saturated rings. The minimum atomic E-state index is -2.74. The number of hydrogen-bond acceptors (Lipinski definition) is 4. The van der Waals surface area contributed by atoms with Crippen LogP contribution in [0.2, 0.25) is 5.04 Å². The summed E-state index contributed by atoms with van der Waals surface area (Å²) in [5.74, 6) is 0.185. The number of hydrogen-bond donors (Lipinski definition) is 0. The molecule has 1 aliphatic carbocycles. The van der Waals surface area contributed by atoms with Crippen LogP contribution in [-0.4, -0.2) is 49.4 Å². The maximum atomic E-state index is 13.2. The standard InChI is InChI=1S/C28H37NO4Si/c1-26(2,3)33-25(31)29-22(17-21-18-28(21,29)20-30)19-32-34(27(4,5)6,23-13-9-7-10-14-23)24-15-11-8-12-16-24/h7-16,20-22H,17-19H2,1-6H3/t21-,22+,28-/m0/s1. The third-order valence-electron chi connectivity index (χ3n) is 7.19. The van der Waals surface area contributed by atoms with Crippen LogP contribution in [0.3, 0.4) is 0 Å². The second-order valence-electron chi connectivity index (χ2n) is 11.7. The van der Waals surface area contributed by atoms with Gasteiger partial charge in [0.05, 0.1) is 12.6 Å². The Balaban J connectivity index is 1.70. The summed E-state index contributed by atoms with van der Waals surface area (Å²) in [7, 11) is -2.74. The van der Waals surface area contributed by atoms with Crippen molar-refractivity contribution in [2.24, 2.45) is 5.92 Å². The number of likely N-dealkylation sites (tertiary alicyclic amines) is 1. The maximum absolute atomic E-state index is 13.2. The highest BCUT2D eigenvalue weighted by Crippen LogP contribution is 2.57. The van der Waals surface area contributed by atoms with E-state index in [1.165, 1.54) is 10.4 Å². The van der Waals surface area contributed by atoms with Gasteiger partial charge in [-0.25, -0.2) is 4.79 Å². The lowest BCUT2D eigenvalue weighted by Crippen LogP contribution is -2.67. The van der Waals surface area contributed by atoms with E-state index in [0.29, 0.717) is 13.0 Å². The molecule has 0 radical (unpaired) electrons. The van der Waals surface area contributed by atoms with Gasteiger partial charge in [0.1, 0.15) is 17.4 Å². The summed E-state index contributed by atoms with van der Waals surface area (Å²) in [6.45, 7) is 12.7. The van der Waals surface area contributed by atoms with Crippen LogP contribution in [0.1, 0.15) is 54.4 Å². The third-order valence-corrected chi connectivity index (χ3v) is 12.2. The Morgan fingerprint density at radius 3 is 1.97 bits per heavy atom. The van der Waals surface area contributed by atoms with Crippen LogP contribution in [0.4, 0.5) is 4.79 Å². The summed E-state index contributed by atoms with van der Waals surface area (Å²) in [5, 5.41) is 2.24. The Bertz CT molecular complexity index is 988. The Kier molecular flexibility index (Phi) is 6.28. The number of aldehydes is 1. The number of amides is 1. The normalized spacial score (nSPS) is 24.5. The first-order chi connectivity index (χ1) is 15.9. The van der Waals surface area contributed by atoms with E-state index in [9.17, 15) is 9.59 Å². The zero-order chi connectivity index (χ0) is 24.8. The molecule has 1 saturated heterocycles. The van der Waals surface area contributed by atoms with Crippen LogP contribution in [0.5, 0.6) is 0 Å². The molecule has 182 valence electrons. The lowest BCUT2D eigenvalue weighted by Gasteiger charge is -2.44. The molecule has 0 spiro atoms. The van der Waals surface area contributed by atoms with Gasteiger partial charge in [-0.3, -0.25) is 4.90 Å². The van der Waals surface area contributed by atoms with Crippen LogP contribution in [0.25, 0.3) is 0 Å². The third kappa shape index (κ3) is 4.22. The second kappa shape index (κ2) is 8.65. The number of carbonyl (C=O) groups is 2. The number of ether oxygens (including phenoxy) is 1. The van der Waals surface area contributed by atoms with Gasteiger partial charge in [0.2, 0.25) is 0 Å². The molecule has 1 saturated carbocycles. The van der Waals surface area contributed by atoms with Crippen molar-refractivity contribution in [1.82, 2.24) is 4.90 Å². The molecule has 0 bridgehead atoms. The van der Waals surface area contributed by atoms with Gasteiger partial charge in [-0.15, -0.1) is 0 Å². The topological polar surface area (TPSA) is 55.8 Å². The number of rotatable bonds is 6. The molecule has 5 nitrogen and oxygen atoms in total. The highest BCUT2D eigenvalue weighted by molar-refractivity contribution is 6.99. The Labute approximate surface area is 204 Å². The van der Waals surface area contributed by atoms with Crippen molar-refractivity contribution in [1.29, 1.82) is 0 Å². The van der Waals surface area contributed by atoms with E-state index in [4.69, 9.17) is 9.16 Å². The predicted molar refractivity (Wildman–Crippen MR) is 137 cm³/mol. The fourth-order valence-electron chi connectivity index (χ4n) is 5.65. The first-order valence-electron chi connectivity index (χ1n) is 12.2. The average molecular weight is 480 g/mol. The Morgan fingerprint density at radius 1 is 1.00 bits per heavy atom. The van der Waals surface area contributed by atoms with E-state index in [-0.39, 0.29) is 17.0 Å². The number of carbonyl (C=O) groups excluding carboxylic acids is 2. The summed E-state index contributed by atoms with van der Waals surface area (Å²) in [4.78, 5) is 27.0. The molecule has 1 aliphatic heterocycles. The summed E-state index contributed by atoms with van der Waals surface area (Å²) in [5.41, 5.74) is -1.36. The van der Waals surface area contributed by atoms with Gasteiger partial charge in [-0.1, -0.05) is 81.4 Å². The molecule has 34 heavy (non-hydrogen) atoms. The first-order valence-corrected chi connectivity index (χ1v) is 14.1. The van der Waals surface area contributed by atoms with E-state index in [1.807, 2.05) is 32.9 Å². The van der Waals surface area contributed by atoms with Crippen molar-refractivity contribution < 1.29 is 18.8 Å². The molecule has 0 unspecified atom stereocenters. The average Bonchev–Trinajstić information content (AvgIpc) is 3.38.